The number of amides is 2. The van der Waals surface area contributed by atoms with Crippen molar-refractivity contribution >= 4 is 122 Å². The minimum absolute atomic E-state index is 0.0900. The number of nitrogens with zero attached hydrogens (tertiary/aromatic N) is 9. The number of aromatic carboxylic acids is 1. The van der Waals surface area contributed by atoms with Gasteiger partial charge in [-0.3, -0.25) is 34.6 Å². The summed E-state index contributed by atoms with van der Waals surface area (Å²) in [5.74, 6) is 0.191. The molecule has 29 heteroatoms. The van der Waals surface area contributed by atoms with Gasteiger partial charge in [-0.05, 0) is 146 Å². The van der Waals surface area contributed by atoms with Gasteiger partial charge in [0.1, 0.15) is 45.7 Å². The molecule has 0 aliphatic rings. The predicted octanol–water partition coefficient (Wildman–Crippen LogP) is 11.2. The highest BCUT2D eigenvalue weighted by Gasteiger charge is 2.25. The summed E-state index contributed by atoms with van der Waals surface area (Å²) >= 11 is 0. The lowest BCUT2D eigenvalue weighted by molar-refractivity contribution is -0.119. The first-order chi connectivity index (χ1) is 50.4. The molecule has 0 saturated heterocycles. The van der Waals surface area contributed by atoms with E-state index in [0.717, 1.165) is 44.2 Å². The van der Waals surface area contributed by atoms with Gasteiger partial charge in [-0.25, -0.2) is 29.3 Å². The van der Waals surface area contributed by atoms with Gasteiger partial charge in [0.15, 0.2) is 0 Å². The first-order valence-corrected chi connectivity index (χ1v) is 31.9. The Morgan fingerprint density at radius 2 is 0.865 bits per heavy atom. The van der Waals surface area contributed by atoms with Gasteiger partial charge in [0.2, 0.25) is 23.5 Å². The number of nitrogens with one attached hydrogen (secondary N) is 4. The number of aromatic amines is 3. The van der Waals surface area contributed by atoms with E-state index in [4.69, 9.17) is 48.4 Å². The van der Waals surface area contributed by atoms with E-state index in [2.05, 4.69) is 60.9 Å². The molecule has 4 aromatic carbocycles. The molecule has 2 amide bonds. The maximum atomic E-state index is 12.5. The number of aryl methyl sites for hydroxylation is 1. The van der Waals surface area contributed by atoms with Gasteiger partial charge in [0, 0.05) is 56.2 Å². The largest absolute Gasteiger partial charge is 0.495 e. The second kappa shape index (κ2) is 35.4. The Morgan fingerprint density at radius 1 is 0.481 bits per heavy atom. The van der Waals surface area contributed by atoms with Crippen molar-refractivity contribution in [3.63, 3.8) is 0 Å². The van der Waals surface area contributed by atoms with Crippen LogP contribution < -0.4 is 44.2 Å². The number of nitrogens with two attached hydrogens (primary N) is 1. The number of carbonyl (C=O) groups excluding carboxylic acids is 4. The zero-order valence-electron chi connectivity index (χ0n) is 58.5. The van der Waals surface area contributed by atoms with E-state index in [1.807, 2.05) is 86.0 Å². The van der Waals surface area contributed by atoms with Gasteiger partial charge in [0.05, 0.1) is 135 Å². The number of pyridine rings is 4. The first kappa shape index (κ1) is 74.5. The Kier molecular flexibility index (Phi) is 25.3. The van der Waals surface area contributed by atoms with Crippen molar-refractivity contribution in [1.82, 2.24) is 65.6 Å². The van der Waals surface area contributed by atoms with Crippen LogP contribution in [0.15, 0.2) is 128 Å². The molecule has 1 unspecified atom stereocenters. The predicted molar refractivity (Wildman–Crippen MR) is 393 cm³/mol. The monoisotopic (exact) mass is 1410 g/mol. The molecule has 12 rings (SSSR count). The standard InChI is InChI=1S/C20H21N3O4.C19H19N5O3.C19H19N3O4.C17H15N3O4/c1-5-27-20(24)14-8-10-16-18(19(14)26-4)15(22-23(16)2)9-6-13-7-11-17(25-3)21-12-13;1-11(18(20)25)22-19(26)13-4-6-15-16(17(13)27-2)14(23-24-15)5-3-12-7-9-21-10-8-12;1-4-26-19(23)13-7-9-15-17(18(13)25-3)14(21-22-15)8-5-12-6-10-16(24-2)20-11-12;1-23-14-8-4-10(9-18-14)3-6-12-15-13(20-19-12)7-5-11(17(21)22)16(15)24-2/h6-12H,5H2,1-4H3;3-11H,1-2H3,(H2,20,25)(H,22,26)(H,23,24);5-11H,4H2,1-3H3,(H,21,22);3-9H,1-2H3,(H,19,20)(H,21,22)/b9-6+;5-3+;8-5+;6-3+. The quantitative estimate of drug-likeness (QED) is 0.0324. The number of carbonyl (C=O) groups is 5. The maximum Gasteiger partial charge on any atom is 0.341 e. The molecule has 104 heavy (non-hydrogen) atoms. The van der Waals surface area contributed by atoms with Crippen molar-refractivity contribution in [1.29, 1.82) is 0 Å². The minimum Gasteiger partial charge on any atom is -0.495 e. The van der Waals surface area contributed by atoms with Gasteiger partial charge in [-0.15, -0.1) is 0 Å². The molecule has 0 fully saturated rings. The third-order valence-corrected chi connectivity index (χ3v) is 15.5. The topological polar surface area (TPSA) is 382 Å². The minimum atomic E-state index is -1.05. The Hall–Kier alpha value is -13.7. The number of carboxylic acids is 1. The summed E-state index contributed by atoms with van der Waals surface area (Å²) in [5, 5.41) is 40.7. The van der Waals surface area contributed by atoms with E-state index in [0.29, 0.717) is 104 Å². The number of ether oxygens (including phenoxy) is 9. The fourth-order valence-electron chi connectivity index (χ4n) is 10.4. The zero-order valence-corrected chi connectivity index (χ0v) is 58.5. The van der Waals surface area contributed by atoms with Crippen LogP contribution in [-0.4, -0.2) is 164 Å². The molecule has 8 heterocycles. The molecule has 0 spiro atoms. The molecule has 0 saturated carbocycles. The average molecular weight is 1410 g/mol. The highest BCUT2D eigenvalue weighted by atomic mass is 16.5. The first-order valence-electron chi connectivity index (χ1n) is 31.9. The van der Waals surface area contributed by atoms with Crippen molar-refractivity contribution in [2.24, 2.45) is 12.8 Å². The molecular weight excluding hydrogens is 1340 g/mol. The molecule has 8 aromatic heterocycles. The summed E-state index contributed by atoms with van der Waals surface area (Å²) in [4.78, 5) is 76.0. The number of methoxy groups -OCH3 is 7. The zero-order chi connectivity index (χ0) is 74.4. The molecule has 0 aliphatic carbocycles. The second-order valence-corrected chi connectivity index (χ2v) is 21.9. The van der Waals surface area contributed by atoms with Gasteiger partial charge in [0.25, 0.3) is 5.91 Å². The fourth-order valence-corrected chi connectivity index (χ4v) is 10.4. The van der Waals surface area contributed by atoms with Crippen LogP contribution in [0.25, 0.3) is 92.2 Å². The van der Waals surface area contributed by atoms with Crippen LogP contribution in [0.2, 0.25) is 0 Å². The molecule has 534 valence electrons. The highest BCUT2D eigenvalue weighted by Crippen LogP contribution is 2.37. The van der Waals surface area contributed by atoms with Crippen molar-refractivity contribution in [3.05, 3.63) is 195 Å². The van der Waals surface area contributed by atoms with Gasteiger partial charge >= 0.3 is 17.9 Å². The normalized spacial score (nSPS) is 11.4. The lowest BCUT2D eigenvalue weighted by Gasteiger charge is -2.13. The third-order valence-electron chi connectivity index (χ3n) is 15.5. The van der Waals surface area contributed by atoms with Crippen LogP contribution in [0.4, 0.5) is 0 Å². The lowest BCUT2D eigenvalue weighted by Crippen LogP contribution is -2.42. The third kappa shape index (κ3) is 17.6. The highest BCUT2D eigenvalue weighted by molar-refractivity contribution is 6.08. The Labute approximate surface area is 595 Å². The Bertz CT molecular complexity index is 5140. The van der Waals surface area contributed by atoms with Crippen LogP contribution in [0, 0.1) is 0 Å². The summed E-state index contributed by atoms with van der Waals surface area (Å²) in [6, 6.07) is 27.3. The summed E-state index contributed by atoms with van der Waals surface area (Å²) < 4.78 is 48.9. The number of hydrogen-bond donors (Lipinski definition) is 6. The number of aromatic nitrogens is 12. The Balaban J connectivity index is 0.000000161. The smallest absolute Gasteiger partial charge is 0.341 e. The van der Waals surface area contributed by atoms with Gasteiger partial charge in [-0.1, -0.05) is 24.3 Å². The summed E-state index contributed by atoms with van der Waals surface area (Å²) in [6.07, 6.45) is 23.4. The van der Waals surface area contributed by atoms with Crippen LogP contribution >= 0.6 is 0 Å². The number of primary amides is 1. The van der Waals surface area contributed by atoms with E-state index >= 15 is 0 Å². The molecule has 1 atom stereocenters. The molecule has 12 aromatic rings. The SMILES string of the molecule is CCOC(=O)c1ccc2c(c(/C=C/c3ccc(OC)nc3)nn2C)c1OC.CCOC(=O)c1ccc2n[nH]c(/C=C/c3ccc(OC)nc3)c2c1OC.COc1c(C(=O)NC(C)C(N)=O)ccc2n[nH]c(/C=C/c3ccncc3)c12.COc1ccc(/C=C/c2[nH]nc3ccc(C(=O)O)c(OC)c23)cn1. The number of fused-ring (bicyclic) bond motifs is 4. The average Bonchev–Trinajstić information content (AvgIpc) is 1.62. The van der Waals surface area contributed by atoms with E-state index in [-0.39, 0.29) is 16.9 Å². The van der Waals surface area contributed by atoms with E-state index in [1.165, 1.54) is 41.4 Å². The molecule has 29 nitrogen and oxygen atoms in total. The molecule has 0 bridgehead atoms. The number of rotatable bonds is 23. The second-order valence-electron chi connectivity index (χ2n) is 21.9. The number of esters is 2. The van der Waals surface area contributed by atoms with E-state index in [1.54, 1.807) is 132 Å². The summed E-state index contributed by atoms with van der Waals surface area (Å²) in [7, 11) is 12.5. The molecular formula is C75H74N14O15. The van der Waals surface area contributed by atoms with Crippen LogP contribution in [0.1, 0.15) is 107 Å². The van der Waals surface area contributed by atoms with Crippen LogP contribution in [0.3, 0.4) is 0 Å². The lowest BCUT2D eigenvalue weighted by atomic mass is 10.1. The van der Waals surface area contributed by atoms with Gasteiger partial charge < -0.3 is 58.8 Å². The van der Waals surface area contributed by atoms with Crippen LogP contribution in [-0.2, 0) is 21.3 Å². The van der Waals surface area contributed by atoms with Crippen LogP contribution in [0.5, 0.6) is 40.6 Å². The number of carboxylic acid groups (broad SMARTS) is 1. The fraction of sp³-hybridized carbons (Fsp3) is 0.187. The van der Waals surface area contributed by atoms with E-state index in [9.17, 15) is 29.1 Å². The Morgan fingerprint density at radius 3 is 1.26 bits per heavy atom. The number of benzene rings is 4. The number of hydrogen-bond acceptors (Lipinski definition) is 22. The van der Waals surface area contributed by atoms with Crippen molar-refractivity contribution in [2.45, 2.75) is 26.8 Å². The summed E-state index contributed by atoms with van der Waals surface area (Å²) in [5.41, 5.74) is 15.5. The molecule has 0 radical (unpaired) electrons. The number of H-pyrrole nitrogens is 3. The molecule has 7 N–H and O–H groups in total. The van der Waals surface area contributed by atoms with Crippen molar-refractivity contribution in [2.75, 3.05) is 63.0 Å². The maximum absolute atomic E-state index is 12.5. The van der Waals surface area contributed by atoms with E-state index < -0.39 is 35.8 Å². The van der Waals surface area contributed by atoms with Crippen molar-refractivity contribution < 1.29 is 71.7 Å². The van der Waals surface area contributed by atoms with Gasteiger partial charge in [-0.2, -0.15) is 20.4 Å². The van der Waals surface area contributed by atoms with Crippen molar-refractivity contribution in [3.8, 4) is 40.6 Å². The summed E-state index contributed by atoms with van der Waals surface area (Å²) in [6.45, 7) is 5.64. The molecule has 0 aliphatic heterocycles.